The maximum atomic E-state index is 11.9. The van der Waals surface area contributed by atoms with Crippen LogP contribution in [0.5, 0.6) is 11.5 Å². The van der Waals surface area contributed by atoms with E-state index in [1.54, 1.807) is 25.1 Å². The monoisotopic (exact) mass is 350 g/mol. The van der Waals surface area contributed by atoms with Crippen molar-refractivity contribution in [2.24, 2.45) is 0 Å². The number of benzene rings is 2. The van der Waals surface area contributed by atoms with Crippen molar-refractivity contribution in [2.45, 2.75) is 13.0 Å². The summed E-state index contributed by atoms with van der Waals surface area (Å²) in [6, 6.07) is 10.0. The van der Waals surface area contributed by atoms with Crippen molar-refractivity contribution in [3.8, 4) is 11.5 Å². The molecule has 24 heavy (non-hydrogen) atoms. The average molecular weight is 351 g/mol. The third-order valence-corrected chi connectivity index (χ3v) is 3.68. The Kier molecular flexibility index (Phi) is 5.59. The van der Waals surface area contributed by atoms with Crippen molar-refractivity contribution in [3.63, 3.8) is 0 Å². The van der Waals surface area contributed by atoms with Gasteiger partial charge in [0.25, 0.3) is 5.69 Å². The van der Waals surface area contributed by atoms with Crippen LogP contribution in [-0.4, -0.2) is 18.1 Å². The molecular formula is C16H15ClN2O5. The fraction of sp³-hybridized carbons (Fsp3) is 0.188. The fourth-order valence-electron chi connectivity index (χ4n) is 2.05. The topological polar surface area (TPSA) is 90.7 Å². The predicted octanol–water partition coefficient (Wildman–Crippen LogP) is 4.11. The highest BCUT2D eigenvalue weighted by atomic mass is 35.5. The Bertz CT molecular complexity index is 749. The van der Waals surface area contributed by atoms with E-state index in [-0.39, 0.29) is 11.4 Å². The van der Waals surface area contributed by atoms with E-state index in [0.717, 1.165) is 0 Å². The van der Waals surface area contributed by atoms with Crippen molar-refractivity contribution in [1.82, 2.24) is 5.32 Å². The summed E-state index contributed by atoms with van der Waals surface area (Å²) in [6.07, 6.45) is -0.699. The maximum Gasteiger partial charge on any atom is 0.413 e. The first-order chi connectivity index (χ1) is 11.4. The van der Waals surface area contributed by atoms with Crippen LogP contribution in [0, 0.1) is 10.1 Å². The number of methoxy groups -OCH3 is 1. The number of nitrogens with zero attached hydrogens (tertiary/aromatic N) is 1. The first-order valence-corrected chi connectivity index (χ1v) is 7.35. The van der Waals surface area contributed by atoms with E-state index < -0.39 is 17.1 Å². The van der Waals surface area contributed by atoms with Crippen LogP contribution in [0.2, 0.25) is 5.02 Å². The molecule has 0 aromatic heterocycles. The third-order valence-electron chi connectivity index (χ3n) is 3.27. The highest BCUT2D eigenvalue weighted by Gasteiger charge is 2.16. The van der Waals surface area contributed by atoms with Gasteiger partial charge < -0.3 is 14.8 Å². The van der Waals surface area contributed by atoms with Crippen molar-refractivity contribution in [2.75, 3.05) is 7.11 Å². The number of nitrogens with one attached hydrogen (secondary N) is 1. The summed E-state index contributed by atoms with van der Waals surface area (Å²) in [5.41, 5.74) is 0.593. The normalized spacial score (nSPS) is 11.5. The van der Waals surface area contributed by atoms with Crippen LogP contribution < -0.4 is 14.8 Å². The zero-order valence-corrected chi connectivity index (χ0v) is 13.7. The average Bonchev–Trinajstić information content (AvgIpc) is 2.55. The van der Waals surface area contributed by atoms with Crippen LogP contribution in [0.1, 0.15) is 18.5 Å². The molecule has 0 aliphatic heterocycles. The number of hydrogen-bond acceptors (Lipinski definition) is 5. The second kappa shape index (κ2) is 7.65. The van der Waals surface area contributed by atoms with E-state index in [1.807, 2.05) is 0 Å². The Balaban J connectivity index is 2.02. The molecule has 0 spiro atoms. The van der Waals surface area contributed by atoms with E-state index >= 15 is 0 Å². The van der Waals surface area contributed by atoms with E-state index in [4.69, 9.17) is 21.1 Å². The van der Waals surface area contributed by atoms with Gasteiger partial charge in [0.15, 0.2) is 0 Å². The van der Waals surface area contributed by atoms with Gasteiger partial charge >= 0.3 is 6.09 Å². The molecule has 1 atom stereocenters. The number of ether oxygens (including phenoxy) is 2. The third kappa shape index (κ3) is 4.14. The first-order valence-electron chi connectivity index (χ1n) is 6.97. The molecule has 0 unspecified atom stereocenters. The highest BCUT2D eigenvalue weighted by Crippen LogP contribution is 2.31. The van der Waals surface area contributed by atoms with Crippen LogP contribution in [0.4, 0.5) is 10.5 Å². The highest BCUT2D eigenvalue weighted by molar-refractivity contribution is 6.32. The molecule has 0 fully saturated rings. The summed E-state index contributed by atoms with van der Waals surface area (Å²) in [5.74, 6) is 0.702. The second-order valence-electron chi connectivity index (χ2n) is 4.87. The summed E-state index contributed by atoms with van der Waals surface area (Å²) in [6.45, 7) is 1.75. The molecule has 0 saturated carbocycles. The largest absolute Gasteiger partial charge is 0.495 e. The molecule has 7 nitrogen and oxygen atoms in total. The van der Waals surface area contributed by atoms with Gasteiger partial charge in [-0.3, -0.25) is 10.1 Å². The summed E-state index contributed by atoms with van der Waals surface area (Å²) in [5, 5.41) is 13.6. The maximum absolute atomic E-state index is 11.9. The number of nitro benzene ring substituents is 1. The van der Waals surface area contributed by atoms with Gasteiger partial charge in [0.1, 0.15) is 11.5 Å². The Morgan fingerprint density at radius 1 is 1.25 bits per heavy atom. The summed E-state index contributed by atoms with van der Waals surface area (Å²) >= 11 is 6.21. The van der Waals surface area contributed by atoms with Gasteiger partial charge in [-0.15, -0.1) is 0 Å². The number of carbonyl (C=O) groups excluding carboxylic acids is 1. The Labute approximate surface area is 143 Å². The van der Waals surface area contributed by atoms with Crippen molar-refractivity contribution in [1.29, 1.82) is 0 Å². The van der Waals surface area contributed by atoms with Crippen LogP contribution in [-0.2, 0) is 0 Å². The van der Waals surface area contributed by atoms with Gasteiger partial charge in [-0.2, -0.15) is 0 Å². The van der Waals surface area contributed by atoms with Crippen molar-refractivity contribution >= 4 is 23.4 Å². The molecule has 0 radical (unpaired) electrons. The van der Waals surface area contributed by atoms with Gasteiger partial charge in [0.2, 0.25) is 0 Å². The first kappa shape index (κ1) is 17.6. The second-order valence-corrected chi connectivity index (χ2v) is 5.25. The minimum Gasteiger partial charge on any atom is -0.495 e. The van der Waals surface area contributed by atoms with Gasteiger partial charge in [0.05, 0.1) is 23.1 Å². The molecule has 2 aromatic rings. The lowest BCUT2D eigenvalue weighted by atomic mass is 10.1. The number of amides is 1. The van der Waals surface area contributed by atoms with Crippen molar-refractivity contribution in [3.05, 3.63) is 63.2 Å². The Morgan fingerprint density at radius 2 is 1.92 bits per heavy atom. The van der Waals surface area contributed by atoms with E-state index in [0.29, 0.717) is 16.3 Å². The molecule has 1 amide bonds. The van der Waals surface area contributed by atoms with Crippen LogP contribution in [0.15, 0.2) is 42.5 Å². The Morgan fingerprint density at radius 3 is 2.50 bits per heavy atom. The van der Waals surface area contributed by atoms with Crippen LogP contribution >= 0.6 is 11.6 Å². The van der Waals surface area contributed by atoms with Gasteiger partial charge in [-0.05, 0) is 30.7 Å². The standard InChI is InChI=1S/C16H15ClN2O5/c1-10(13-4-3-5-14(23-2)15(13)17)18-16(20)24-12-8-6-11(7-9-12)19(21)22/h3-10H,1-2H3,(H,18,20)/t10-/m1/s1. The number of non-ortho nitro benzene ring substituents is 1. The van der Waals surface area contributed by atoms with Crippen LogP contribution in [0.25, 0.3) is 0 Å². The van der Waals surface area contributed by atoms with E-state index in [9.17, 15) is 14.9 Å². The Hall–Kier alpha value is -2.80. The molecule has 0 heterocycles. The molecule has 2 aromatic carbocycles. The van der Waals surface area contributed by atoms with E-state index in [2.05, 4.69) is 5.32 Å². The fourth-order valence-corrected chi connectivity index (χ4v) is 2.41. The minimum absolute atomic E-state index is 0.0840. The smallest absolute Gasteiger partial charge is 0.413 e. The van der Waals surface area contributed by atoms with Crippen LogP contribution in [0.3, 0.4) is 0 Å². The number of nitro groups is 1. The minimum atomic E-state index is -0.699. The lowest BCUT2D eigenvalue weighted by molar-refractivity contribution is -0.384. The number of rotatable bonds is 5. The quantitative estimate of drug-likeness (QED) is 0.647. The molecule has 0 bridgehead atoms. The molecule has 1 N–H and O–H groups in total. The molecule has 8 heteroatoms. The van der Waals surface area contributed by atoms with Gasteiger partial charge in [-0.25, -0.2) is 4.79 Å². The molecular weight excluding hydrogens is 336 g/mol. The van der Waals surface area contributed by atoms with Crippen molar-refractivity contribution < 1.29 is 19.2 Å². The lowest BCUT2D eigenvalue weighted by Crippen LogP contribution is -2.29. The summed E-state index contributed by atoms with van der Waals surface area (Å²) in [4.78, 5) is 22.0. The molecule has 0 aliphatic carbocycles. The molecule has 2 rings (SSSR count). The number of carbonyl (C=O) groups is 1. The van der Waals surface area contributed by atoms with Gasteiger partial charge in [-0.1, -0.05) is 23.7 Å². The predicted molar refractivity (Wildman–Crippen MR) is 88.7 cm³/mol. The molecule has 126 valence electrons. The lowest BCUT2D eigenvalue weighted by Gasteiger charge is -2.17. The molecule has 0 aliphatic rings. The summed E-state index contributed by atoms with van der Waals surface area (Å²) < 4.78 is 10.2. The van der Waals surface area contributed by atoms with E-state index in [1.165, 1.54) is 31.4 Å². The summed E-state index contributed by atoms with van der Waals surface area (Å²) in [7, 11) is 1.51. The van der Waals surface area contributed by atoms with Gasteiger partial charge in [0, 0.05) is 12.1 Å². The zero-order valence-electron chi connectivity index (χ0n) is 13.0. The zero-order chi connectivity index (χ0) is 17.7. The number of halogens is 1. The SMILES string of the molecule is COc1cccc([C@@H](C)NC(=O)Oc2ccc([N+](=O)[O-])cc2)c1Cl. The molecule has 0 saturated heterocycles. The number of hydrogen-bond donors (Lipinski definition) is 1.